The molecule has 3 aromatic carbocycles. The van der Waals surface area contributed by atoms with E-state index in [2.05, 4.69) is 80.7 Å². The van der Waals surface area contributed by atoms with E-state index >= 15 is 0 Å². The third-order valence-corrected chi connectivity index (χ3v) is 5.95. The zero-order valence-corrected chi connectivity index (χ0v) is 18.4. The molecule has 0 radical (unpaired) electrons. The molecule has 0 amide bonds. The van der Waals surface area contributed by atoms with Crippen LogP contribution in [0, 0.1) is 0 Å². The highest BCUT2D eigenvalue weighted by atomic mass is 16.5. The Morgan fingerprint density at radius 1 is 0.968 bits per heavy atom. The van der Waals surface area contributed by atoms with Crippen LogP contribution in [0.4, 0.5) is 5.69 Å². The van der Waals surface area contributed by atoms with Gasteiger partial charge in [0.25, 0.3) is 0 Å². The van der Waals surface area contributed by atoms with E-state index in [-0.39, 0.29) is 11.6 Å². The van der Waals surface area contributed by atoms with Crippen LogP contribution in [0.25, 0.3) is 22.8 Å². The molecular formula is C28H27NO2. The highest BCUT2D eigenvalue weighted by Gasteiger charge is 2.33. The van der Waals surface area contributed by atoms with Crippen LogP contribution in [0.3, 0.4) is 0 Å². The molecule has 0 bridgehead atoms. The molecule has 2 heterocycles. The molecule has 3 nitrogen and oxygen atoms in total. The number of allylic oxidation sites excluding steroid dienone is 1. The Bertz CT molecular complexity index is 1210. The van der Waals surface area contributed by atoms with Gasteiger partial charge in [0.1, 0.15) is 17.6 Å². The minimum atomic E-state index is -0.198. The highest BCUT2D eigenvalue weighted by Crippen LogP contribution is 2.52. The van der Waals surface area contributed by atoms with Gasteiger partial charge in [-0.25, -0.2) is 0 Å². The van der Waals surface area contributed by atoms with Gasteiger partial charge in [-0.3, -0.25) is 0 Å². The lowest BCUT2D eigenvalue weighted by Gasteiger charge is -2.36. The lowest BCUT2D eigenvalue weighted by Crippen LogP contribution is -2.32. The summed E-state index contributed by atoms with van der Waals surface area (Å²) in [5.41, 5.74) is 8.04. The maximum Gasteiger partial charge on any atom is 0.144 e. The zero-order chi connectivity index (χ0) is 21.6. The Morgan fingerprint density at radius 3 is 2.55 bits per heavy atom. The van der Waals surface area contributed by atoms with Crippen LogP contribution in [-0.4, -0.2) is 12.6 Å². The molecule has 0 fully saturated rings. The van der Waals surface area contributed by atoms with Gasteiger partial charge in [-0.2, -0.15) is 0 Å². The molecule has 2 aliphatic rings. The first kappa shape index (κ1) is 19.5. The summed E-state index contributed by atoms with van der Waals surface area (Å²) < 4.78 is 12.3. The van der Waals surface area contributed by atoms with Crippen molar-refractivity contribution in [1.29, 1.82) is 0 Å². The number of hydrogen-bond donors (Lipinski definition) is 1. The standard InChI is InChI=1S/C28H27NO2/c1-18-17-28(2,3)29-21-15-14-20-26-22(30-4)11-8-12-23(26)31-24(27(20)25(18)21)16-13-19-9-6-5-7-10-19/h5-17,24,29H,1-4H3/b16-13-. The van der Waals surface area contributed by atoms with Gasteiger partial charge in [0.2, 0.25) is 0 Å². The van der Waals surface area contributed by atoms with E-state index in [0.29, 0.717) is 0 Å². The summed E-state index contributed by atoms with van der Waals surface area (Å²) in [6.45, 7) is 6.58. The zero-order valence-electron chi connectivity index (χ0n) is 18.4. The van der Waals surface area contributed by atoms with Crippen molar-refractivity contribution in [2.45, 2.75) is 32.4 Å². The number of methoxy groups -OCH3 is 1. The predicted molar refractivity (Wildman–Crippen MR) is 129 cm³/mol. The molecular weight excluding hydrogens is 382 g/mol. The van der Waals surface area contributed by atoms with Crippen LogP contribution in [0.15, 0.2) is 72.8 Å². The first-order chi connectivity index (χ1) is 15.0. The maximum absolute atomic E-state index is 6.57. The summed E-state index contributed by atoms with van der Waals surface area (Å²) in [4.78, 5) is 0. The normalized spacial score (nSPS) is 18.2. The van der Waals surface area contributed by atoms with Gasteiger partial charge in [-0.15, -0.1) is 0 Å². The second kappa shape index (κ2) is 7.35. The number of fused-ring (bicyclic) bond motifs is 5. The molecule has 0 saturated carbocycles. The Balaban J connectivity index is 1.73. The number of nitrogens with one attached hydrogen (secondary N) is 1. The quantitative estimate of drug-likeness (QED) is 0.500. The second-order valence-electron chi connectivity index (χ2n) is 8.77. The van der Waals surface area contributed by atoms with E-state index in [1.54, 1.807) is 7.11 Å². The summed E-state index contributed by atoms with van der Waals surface area (Å²) in [5.74, 6) is 1.68. The lowest BCUT2D eigenvalue weighted by atomic mass is 9.81. The minimum absolute atomic E-state index is 0.0915. The average molecular weight is 410 g/mol. The molecule has 156 valence electrons. The van der Waals surface area contributed by atoms with Gasteiger partial charge in [0, 0.05) is 16.8 Å². The molecule has 5 rings (SSSR count). The molecule has 31 heavy (non-hydrogen) atoms. The van der Waals surface area contributed by atoms with Gasteiger partial charge in [-0.05, 0) is 61.7 Å². The summed E-state index contributed by atoms with van der Waals surface area (Å²) in [7, 11) is 1.71. The molecule has 1 unspecified atom stereocenters. The summed E-state index contributed by atoms with van der Waals surface area (Å²) in [6, 6.07) is 20.7. The fourth-order valence-electron chi connectivity index (χ4n) is 4.80. The SMILES string of the molecule is COc1cccc2c1-c1ccc3c(c1C(/C=C\c1ccccc1)O2)C(C)=CC(C)(C)N3. The highest BCUT2D eigenvalue weighted by molar-refractivity contribution is 5.91. The van der Waals surface area contributed by atoms with Gasteiger partial charge >= 0.3 is 0 Å². The minimum Gasteiger partial charge on any atom is -0.496 e. The lowest BCUT2D eigenvalue weighted by molar-refractivity contribution is 0.250. The number of hydrogen-bond acceptors (Lipinski definition) is 3. The first-order valence-electron chi connectivity index (χ1n) is 10.7. The molecule has 0 saturated heterocycles. The molecule has 0 spiro atoms. The summed E-state index contributed by atoms with van der Waals surface area (Å²) >= 11 is 0. The number of rotatable bonds is 3. The van der Waals surface area contributed by atoms with E-state index in [1.807, 2.05) is 24.3 Å². The fraction of sp³-hybridized carbons (Fsp3) is 0.214. The van der Waals surface area contributed by atoms with Crippen molar-refractivity contribution >= 4 is 17.3 Å². The molecule has 1 atom stereocenters. The Hall–Kier alpha value is -3.46. The van der Waals surface area contributed by atoms with Crippen LogP contribution in [0.5, 0.6) is 11.5 Å². The van der Waals surface area contributed by atoms with Crippen molar-refractivity contribution in [3.63, 3.8) is 0 Å². The van der Waals surface area contributed by atoms with Gasteiger partial charge in [0.15, 0.2) is 0 Å². The number of ether oxygens (including phenoxy) is 2. The van der Waals surface area contributed by atoms with Crippen LogP contribution in [0.2, 0.25) is 0 Å². The molecule has 1 N–H and O–H groups in total. The Kier molecular flexibility index (Phi) is 4.62. The van der Waals surface area contributed by atoms with E-state index < -0.39 is 0 Å². The number of anilines is 1. The van der Waals surface area contributed by atoms with Crippen molar-refractivity contribution in [1.82, 2.24) is 0 Å². The van der Waals surface area contributed by atoms with E-state index in [1.165, 1.54) is 16.7 Å². The van der Waals surface area contributed by atoms with Crippen LogP contribution in [0.1, 0.15) is 43.6 Å². The molecule has 2 aliphatic heterocycles. The van der Waals surface area contributed by atoms with E-state index in [4.69, 9.17) is 9.47 Å². The monoisotopic (exact) mass is 409 g/mol. The van der Waals surface area contributed by atoms with Crippen molar-refractivity contribution in [3.8, 4) is 22.6 Å². The second-order valence-corrected chi connectivity index (χ2v) is 8.77. The van der Waals surface area contributed by atoms with Crippen molar-refractivity contribution in [2.75, 3.05) is 12.4 Å². The topological polar surface area (TPSA) is 30.5 Å². The maximum atomic E-state index is 6.57. The molecule has 3 aromatic rings. The number of benzene rings is 3. The van der Waals surface area contributed by atoms with Crippen molar-refractivity contribution < 1.29 is 9.47 Å². The Morgan fingerprint density at radius 2 is 1.77 bits per heavy atom. The van der Waals surface area contributed by atoms with Crippen molar-refractivity contribution in [3.05, 3.63) is 89.5 Å². The van der Waals surface area contributed by atoms with E-state index in [0.717, 1.165) is 33.9 Å². The van der Waals surface area contributed by atoms with Crippen LogP contribution < -0.4 is 14.8 Å². The third kappa shape index (κ3) is 3.40. The van der Waals surface area contributed by atoms with E-state index in [9.17, 15) is 0 Å². The van der Waals surface area contributed by atoms with Crippen molar-refractivity contribution in [2.24, 2.45) is 0 Å². The first-order valence-corrected chi connectivity index (χ1v) is 10.7. The average Bonchev–Trinajstić information content (AvgIpc) is 2.76. The fourth-order valence-corrected chi connectivity index (χ4v) is 4.80. The molecule has 3 heteroatoms. The van der Waals surface area contributed by atoms with Crippen LogP contribution >= 0.6 is 0 Å². The smallest absolute Gasteiger partial charge is 0.144 e. The summed E-state index contributed by atoms with van der Waals surface area (Å²) in [5, 5.41) is 3.68. The predicted octanol–water partition coefficient (Wildman–Crippen LogP) is 7.12. The Labute approximate surface area is 184 Å². The summed E-state index contributed by atoms with van der Waals surface area (Å²) in [6.07, 6.45) is 6.39. The van der Waals surface area contributed by atoms with Gasteiger partial charge < -0.3 is 14.8 Å². The molecule has 0 aliphatic carbocycles. The van der Waals surface area contributed by atoms with Gasteiger partial charge in [-0.1, -0.05) is 54.6 Å². The largest absolute Gasteiger partial charge is 0.496 e. The molecule has 0 aromatic heterocycles. The van der Waals surface area contributed by atoms with Gasteiger partial charge in [0.05, 0.1) is 18.2 Å². The third-order valence-electron chi connectivity index (χ3n) is 5.95. The van der Waals surface area contributed by atoms with Crippen LogP contribution in [-0.2, 0) is 0 Å².